The van der Waals surface area contributed by atoms with E-state index in [1.54, 1.807) is 0 Å². The average Bonchev–Trinajstić information content (AvgIpc) is 3.24. The Labute approximate surface area is 267 Å². The number of nitrogens with one attached hydrogen (secondary N) is 1. The van der Waals surface area contributed by atoms with Gasteiger partial charge in [0.15, 0.2) is 24.5 Å². The molecular formula is C21H43N7O17P2. The molecule has 24 nitrogen and oxygen atoms in total. The van der Waals surface area contributed by atoms with E-state index in [0.29, 0.717) is 0 Å². The number of nitrogens with zero attached hydrogens (tertiary/aromatic N) is 2. The Bertz CT molecular complexity index is 1200. The van der Waals surface area contributed by atoms with Crippen molar-refractivity contribution in [2.75, 3.05) is 20.3 Å². The first-order valence-electron chi connectivity index (χ1n) is 13.9. The number of aliphatic hydroxyl groups is 5. The molecule has 3 fully saturated rings. The molecule has 2 heterocycles. The molecule has 0 aromatic heterocycles. The topological polar surface area (TPSA) is 412 Å². The van der Waals surface area contributed by atoms with Gasteiger partial charge in [0.25, 0.3) is 0 Å². The van der Waals surface area contributed by atoms with Gasteiger partial charge in [0.2, 0.25) is 0 Å². The van der Waals surface area contributed by atoms with Crippen molar-refractivity contribution in [3.8, 4) is 0 Å². The highest BCUT2D eigenvalue weighted by molar-refractivity contribution is 7.46. The Morgan fingerprint density at radius 3 is 1.72 bits per heavy atom. The monoisotopic (exact) mass is 727 g/mol. The summed E-state index contributed by atoms with van der Waals surface area (Å²) in [4.78, 5) is 45.5. The molecule has 15 unspecified atom stereocenters. The van der Waals surface area contributed by atoms with Crippen LogP contribution in [0.4, 0.5) is 0 Å². The summed E-state index contributed by atoms with van der Waals surface area (Å²) >= 11 is 0. The molecular weight excluding hydrogens is 684 g/mol. The van der Waals surface area contributed by atoms with E-state index < -0.39 is 132 Å². The normalized spacial score (nSPS) is 41.4. The van der Waals surface area contributed by atoms with Gasteiger partial charge < -0.3 is 92.3 Å². The lowest BCUT2D eigenvalue weighted by molar-refractivity contribution is -0.308. The van der Waals surface area contributed by atoms with Gasteiger partial charge in [-0.2, -0.15) is 0 Å². The summed E-state index contributed by atoms with van der Waals surface area (Å²) in [6.45, 7) is 0.0520. The van der Waals surface area contributed by atoms with E-state index >= 15 is 0 Å². The minimum absolute atomic E-state index is 0.610. The number of aliphatic imine (C=N–C) groups is 2. The summed E-state index contributed by atoms with van der Waals surface area (Å²) in [5, 5.41) is 55.8. The van der Waals surface area contributed by atoms with Crippen LogP contribution in [0.5, 0.6) is 0 Å². The smallest absolute Gasteiger partial charge is 0.396 e. The Morgan fingerprint density at radius 2 is 1.26 bits per heavy atom. The summed E-state index contributed by atoms with van der Waals surface area (Å²) < 4.78 is 56.6. The second-order valence-corrected chi connectivity index (χ2v) is 13.4. The Kier molecular flexibility index (Phi) is 13.5. The van der Waals surface area contributed by atoms with Crippen LogP contribution in [0.25, 0.3) is 0 Å². The number of hydrogen-bond donors (Lipinski definition) is 14. The van der Waals surface area contributed by atoms with Crippen molar-refractivity contribution in [3.05, 3.63) is 0 Å². The van der Waals surface area contributed by atoms with Crippen LogP contribution in [-0.2, 0) is 37.1 Å². The molecule has 2 aliphatic heterocycles. The third kappa shape index (κ3) is 9.75. The van der Waals surface area contributed by atoms with Gasteiger partial charge in [-0.3, -0.25) is 9.05 Å². The third-order valence-electron chi connectivity index (χ3n) is 7.78. The molecule has 0 radical (unpaired) electrons. The van der Waals surface area contributed by atoms with Crippen molar-refractivity contribution in [2.24, 2.45) is 38.8 Å². The van der Waals surface area contributed by atoms with E-state index in [-0.39, 0.29) is 0 Å². The highest BCUT2D eigenvalue weighted by Gasteiger charge is 2.57. The van der Waals surface area contributed by atoms with Crippen molar-refractivity contribution < 1.29 is 82.2 Å². The van der Waals surface area contributed by atoms with Crippen LogP contribution < -0.4 is 28.3 Å². The van der Waals surface area contributed by atoms with Crippen LogP contribution in [-0.4, -0.2) is 163 Å². The fourth-order valence-electron chi connectivity index (χ4n) is 5.74. The number of rotatable bonds is 13. The first-order valence-corrected chi connectivity index (χ1v) is 17.0. The van der Waals surface area contributed by atoms with Gasteiger partial charge in [-0.1, -0.05) is 0 Å². The molecule has 18 N–H and O–H groups in total. The summed E-state index contributed by atoms with van der Waals surface area (Å²) in [6, 6.07) is -4.70. The van der Waals surface area contributed by atoms with E-state index in [2.05, 4.69) is 15.3 Å². The fourth-order valence-corrected chi connectivity index (χ4v) is 6.88. The predicted octanol–water partition coefficient (Wildman–Crippen LogP) is -7.25. The minimum atomic E-state index is -5.38. The van der Waals surface area contributed by atoms with Crippen LogP contribution in [0.1, 0.15) is 6.92 Å². The summed E-state index contributed by atoms with van der Waals surface area (Å²) in [5.41, 5.74) is 21.9. The van der Waals surface area contributed by atoms with Crippen molar-refractivity contribution in [1.82, 2.24) is 5.32 Å². The molecule has 47 heavy (non-hydrogen) atoms. The molecule has 0 amide bonds. The molecule has 3 rings (SSSR count). The van der Waals surface area contributed by atoms with Gasteiger partial charge in [0.1, 0.15) is 60.9 Å². The predicted molar refractivity (Wildman–Crippen MR) is 154 cm³/mol. The van der Waals surface area contributed by atoms with Crippen LogP contribution in [0, 0.1) is 5.92 Å². The Morgan fingerprint density at radius 1 is 0.745 bits per heavy atom. The molecule has 26 heteroatoms. The zero-order valence-corrected chi connectivity index (χ0v) is 26.8. The average molecular weight is 728 g/mol. The van der Waals surface area contributed by atoms with Gasteiger partial charge in [0.05, 0.1) is 25.4 Å². The number of phosphoric acid groups is 2. The van der Waals surface area contributed by atoms with Gasteiger partial charge in [-0.25, -0.2) is 19.1 Å². The lowest BCUT2D eigenvalue weighted by atomic mass is 9.81. The molecule has 0 spiro atoms. The second-order valence-electron chi connectivity index (χ2n) is 11.0. The SMILES string of the molecule is CNC1C(OC2C(OC3C(O)C(OP(=O)(O)O)C(N=C(N)N)C(O)C3N=C(N)N)OC(C)C2CO)OC(CO)C(O)C1OP(=O)(O)O. The second kappa shape index (κ2) is 15.9. The molecule has 2 saturated heterocycles. The fraction of sp³-hybridized carbons (Fsp3) is 0.905. The summed E-state index contributed by atoms with van der Waals surface area (Å²) in [5.74, 6) is -2.22. The van der Waals surface area contributed by atoms with Crippen LogP contribution in [0.15, 0.2) is 9.98 Å². The number of aliphatic hydroxyl groups excluding tert-OH is 5. The van der Waals surface area contributed by atoms with E-state index in [1.165, 1.54) is 14.0 Å². The molecule has 274 valence electrons. The first-order chi connectivity index (χ1) is 21.7. The number of nitrogens with two attached hydrogens (primary N) is 4. The van der Waals surface area contributed by atoms with Crippen molar-refractivity contribution >= 4 is 27.6 Å². The number of hydrogen-bond acceptors (Lipinski definition) is 16. The number of phosphoric ester groups is 2. The lowest BCUT2D eigenvalue weighted by Crippen LogP contribution is -2.66. The van der Waals surface area contributed by atoms with Crippen LogP contribution in [0.2, 0.25) is 0 Å². The summed E-state index contributed by atoms with van der Waals surface area (Å²) in [6.07, 6.45) is -18.2. The van der Waals surface area contributed by atoms with Gasteiger partial charge >= 0.3 is 15.6 Å². The molecule has 1 saturated carbocycles. The molecule has 0 aromatic rings. The van der Waals surface area contributed by atoms with Gasteiger partial charge in [-0.15, -0.1) is 0 Å². The molecule has 0 bridgehead atoms. The van der Waals surface area contributed by atoms with E-state index in [1.807, 2.05) is 0 Å². The van der Waals surface area contributed by atoms with Crippen molar-refractivity contribution in [3.63, 3.8) is 0 Å². The molecule has 1 aliphatic carbocycles. The molecule has 15 atom stereocenters. The Hall–Kier alpha value is -1.64. The number of ether oxygens (including phenoxy) is 4. The number of likely N-dealkylation sites (N-methyl/N-ethyl adjacent to an activating group) is 1. The zero-order valence-electron chi connectivity index (χ0n) is 25.0. The van der Waals surface area contributed by atoms with Crippen LogP contribution >= 0.6 is 15.6 Å². The molecule has 3 aliphatic rings. The zero-order chi connectivity index (χ0) is 35.6. The van der Waals surface area contributed by atoms with E-state index in [0.717, 1.165) is 0 Å². The van der Waals surface area contributed by atoms with E-state index in [9.17, 15) is 54.2 Å². The third-order valence-corrected chi connectivity index (χ3v) is 8.82. The summed E-state index contributed by atoms with van der Waals surface area (Å²) in [7, 11) is -9.26. The van der Waals surface area contributed by atoms with Crippen molar-refractivity contribution in [1.29, 1.82) is 0 Å². The maximum atomic E-state index is 11.8. The minimum Gasteiger partial charge on any atom is -0.396 e. The standard InChI is InChI=1S/C21H43N7O17P2/c1-5-6(3-29)14(42-18-10(26-2)17(45-47(37,38)39)11(31)7(4-30)41-18)19(40-5)43-15-8(27-20(22)23)12(32)9(28-21(24)25)16(13(15)33)44-46(34,35)36/h5-19,26,29-33H,3-4H2,1-2H3,(H4,22,23,27)(H4,24,25,28)(H2,34,35,36)(H2,37,38,39). The number of guanidine groups is 2. The van der Waals surface area contributed by atoms with Crippen LogP contribution in [0.3, 0.4) is 0 Å². The quantitative estimate of drug-likeness (QED) is 0.0476. The first kappa shape index (κ1) is 39.8. The largest absolute Gasteiger partial charge is 0.470 e. The van der Waals surface area contributed by atoms with Gasteiger partial charge in [-0.05, 0) is 14.0 Å². The maximum absolute atomic E-state index is 11.8. The maximum Gasteiger partial charge on any atom is 0.470 e. The highest BCUT2D eigenvalue weighted by Crippen LogP contribution is 2.45. The van der Waals surface area contributed by atoms with Crippen molar-refractivity contribution in [2.45, 2.75) is 92.6 Å². The van der Waals surface area contributed by atoms with Gasteiger partial charge in [0, 0.05) is 5.92 Å². The highest BCUT2D eigenvalue weighted by atomic mass is 31.2. The molecule has 0 aromatic carbocycles. The lowest BCUT2D eigenvalue weighted by Gasteiger charge is -2.46. The Balaban J connectivity index is 2.02. The van der Waals surface area contributed by atoms with E-state index in [4.69, 9.17) is 50.9 Å².